The summed E-state index contributed by atoms with van der Waals surface area (Å²) in [6.07, 6.45) is 7.54. The van der Waals surface area contributed by atoms with E-state index < -0.39 is 0 Å². The number of aryl methyl sites for hydroxylation is 1. The summed E-state index contributed by atoms with van der Waals surface area (Å²) in [6.45, 7) is 2.81. The van der Waals surface area contributed by atoms with E-state index in [-0.39, 0.29) is 12.1 Å². The van der Waals surface area contributed by atoms with Gasteiger partial charge in [-0.25, -0.2) is 4.79 Å². The van der Waals surface area contributed by atoms with Crippen LogP contribution in [0.4, 0.5) is 4.79 Å². The number of hydrogen-bond acceptors (Lipinski definition) is 3. The van der Waals surface area contributed by atoms with Gasteiger partial charge in [-0.1, -0.05) is 36.4 Å². The van der Waals surface area contributed by atoms with Crippen LogP contribution in [0.3, 0.4) is 0 Å². The number of pyridine rings is 1. The quantitative estimate of drug-likeness (QED) is 0.776. The Balaban J connectivity index is 1.29. The van der Waals surface area contributed by atoms with Crippen LogP contribution in [0, 0.1) is 0 Å². The molecule has 0 spiro atoms. The lowest BCUT2D eigenvalue weighted by Gasteiger charge is -2.32. The van der Waals surface area contributed by atoms with Crippen LogP contribution in [0.15, 0.2) is 54.9 Å². The number of piperidine rings is 1. The Kier molecular flexibility index (Phi) is 7.02. The molecule has 3 rings (SSSR count). The minimum Gasteiger partial charge on any atom is -0.373 e. The highest BCUT2D eigenvalue weighted by molar-refractivity contribution is 5.74. The molecule has 0 bridgehead atoms. The van der Waals surface area contributed by atoms with Crippen LogP contribution < -0.4 is 5.32 Å². The van der Waals surface area contributed by atoms with Crippen molar-refractivity contribution in [3.63, 3.8) is 0 Å². The van der Waals surface area contributed by atoms with Gasteiger partial charge in [0.25, 0.3) is 0 Å². The SMILES string of the molecule is O=C(NCCCc1ccccc1)N1CCC(OCc2cccnc2)CC1. The van der Waals surface area contributed by atoms with Crippen molar-refractivity contribution in [3.05, 3.63) is 66.0 Å². The maximum Gasteiger partial charge on any atom is 0.317 e. The molecule has 1 aromatic heterocycles. The first-order chi connectivity index (χ1) is 12.8. The second kappa shape index (κ2) is 9.92. The lowest BCUT2D eigenvalue weighted by Crippen LogP contribution is -2.46. The second-order valence-electron chi connectivity index (χ2n) is 6.68. The summed E-state index contributed by atoms with van der Waals surface area (Å²) in [5, 5.41) is 3.03. The van der Waals surface area contributed by atoms with Crippen LogP contribution in [0.5, 0.6) is 0 Å². The molecule has 1 aliphatic heterocycles. The number of hydrogen-bond donors (Lipinski definition) is 1. The number of rotatable bonds is 7. The van der Waals surface area contributed by atoms with Crippen LogP contribution in [-0.2, 0) is 17.8 Å². The molecule has 5 heteroatoms. The zero-order valence-corrected chi connectivity index (χ0v) is 15.1. The van der Waals surface area contributed by atoms with Crippen LogP contribution in [0.1, 0.15) is 30.4 Å². The maximum absolute atomic E-state index is 12.3. The molecule has 1 saturated heterocycles. The minimum atomic E-state index is 0.0452. The van der Waals surface area contributed by atoms with E-state index >= 15 is 0 Å². The zero-order valence-electron chi connectivity index (χ0n) is 15.1. The zero-order chi connectivity index (χ0) is 18.0. The van der Waals surface area contributed by atoms with E-state index in [9.17, 15) is 4.79 Å². The number of carbonyl (C=O) groups is 1. The van der Waals surface area contributed by atoms with Crippen molar-refractivity contribution in [3.8, 4) is 0 Å². The molecule has 2 heterocycles. The third kappa shape index (κ3) is 5.85. The molecule has 26 heavy (non-hydrogen) atoms. The van der Waals surface area contributed by atoms with Crippen molar-refractivity contribution in [2.75, 3.05) is 19.6 Å². The van der Waals surface area contributed by atoms with Gasteiger partial charge >= 0.3 is 6.03 Å². The fourth-order valence-electron chi connectivity index (χ4n) is 3.17. The van der Waals surface area contributed by atoms with Gasteiger partial charge in [-0.05, 0) is 42.9 Å². The van der Waals surface area contributed by atoms with Gasteiger partial charge in [-0.15, -0.1) is 0 Å². The summed E-state index contributed by atoms with van der Waals surface area (Å²) >= 11 is 0. The molecule has 1 N–H and O–H groups in total. The minimum absolute atomic E-state index is 0.0452. The van der Waals surface area contributed by atoms with E-state index in [1.165, 1.54) is 5.56 Å². The highest BCUT2D eigenvalue weighted by atomic mass is 16.5. The lowest BCUT2D eigenvalue weighted by atomic mass is 10.1. The lowest BCUT2D eigenvalue weighted by molar-refractivity contribution is 0.00437. The Hall–Kier alpha value is -2.40. The van der Waals surface area contributed by atoms with Crippen molar-refractivity contribution in [1.29, 1.82) is 0 Å². The van der Waals surface area contributed by atoms with Gasteiger partial charge in [0.05, 0.1) is 12.7 Å². The topological polar surface area (TPSA) is 54.5 Å². The van der Waals surface area contributed by atoms with Gasteiger partial charge in [0, 0.05) is 32.0 Å². The van der Waals surface area contributed by atoms with Gasteiger partial charge in [0.1, 0.15) is 0 Å². The van der Waals surface area contributed by atoms with Crippen LogP contribution in [0.2, 0.25) is 0 Å². The third-order valence-corrected chi connectivity index (χ3v) is 4.70. The molecule has 2 aromatic rings. The van der Waals surface area contributed by atoms with E-state index in [4.69, 9.17) is 4.74 Å². The molecule has 0 saturated carbocycles. The van der Waals surface area contributed by atoms with E-state index in [1.54, 1.807) is 6.20 Å². The normalized spacial score (nSPS) is 15.0. The largest absolute Gasteiger partial charge is 0.373 e. The average molecular weight is 353 g/mol. The van der Waals surface area contributed by atoms with Crippen molar-refractivity contribution in [2.45, 2.75) is 38.4 Å². The van der Waals surface area contributed by atoms with E-state index in [2.05, 4.69) is 34.6 Å². The predicted molar refractivity (Wildman–Crippen MR) is 102 cm³/mol. The molecular formula is C21H27N3O2. The molecule has 2 amide bonds. The smallest absolute Gasteiger partial charge is 0.317 e. The summed E-state index contributed by atoms with van der Waals surface area (Å²) in [5.74, 6) is 0. The number of likely N-dealkylation sites (tertiary alicyclic amines) is 1. The van der Waals surface area contributed by atoms with Gasteiger partial charge in [0.15, 0.2) is 0 Å². The van der Waals surface area contributed by atoms with Crippen molar-refractivity contribution in [1.82, 2.24) is 15.2 Å². The Morgan fingerprint density at radius 1 is 1.12 bits per heavy atom. The first-order valence-corrected chi connectivity index (χ1v) is 9.38. The van der Waals surface area contributed by atoms with Gasteiger partial charge in [-0.3, -0.25) is 4.98 Å². The van der Waals surface area contributed by atoms with Gasteiger partial charge in [0.2, 0.25) is 0 Å². The molecule has 0 radical (unpaired) electrons. The molecule has 0 atom stereocenters. The van der Waals surface area contributed by atoms with Crippen molar-refractivity contribution >= 4 is 6.03 Å². The Bertz CT molecular complexity index is 655. The summed E-state index contributed by atoms with van der Waals surface area (Å²) in [6, 6.07) is 14.4. The molecule has 0 aliphatic carbocycles. The molecule has 138 valence electrons. The molecule has 1 aliphatic rings. The average Bonchev–Trinajstić information content (AvgIpc) is 2.71. The fourth-order valence-corrected chi connectivity index (χ4v) is 3.17. The second-order valence-corrected chi connectivity index (χ2v) is 6.68. The van der Waals surface area contributed by atoms with Crippen molar-refractivity contribution < 1.29 is 9.53 Å². The molecule has 5 nitrogen and oxygen atoms in total. The van der Waals surface area contributed by atoms with Gasteiger partial charge in [-0.2, -0.15) is 0 Å². The van der Waals surface area contributed by atoms with Gasteiger partial charge < -0.3 is 15.0 Å². The molecule has 1 aromatic carbocycles. The number of benzene rings is 1. The highest BCUT2D eigenvalue weighted by Gasteiger charge is 2.22. The number of nitrogens with one attached hydrogen (secondary N) is 1. The molecule has 1 fully saturated rings. The fraction of sp³-hybridized carbons (Fsp3) is 0.429. The van der Waals surface area contributed by atoms with Crippen molar-refractivity contribution in [2.24, 2.45) is 0 Å². The Morgan fingerprint density at radius 3 is 2.62 bits per heavy atom. The standard InChI is InChI=1S/C21H27N3O2/c25-21(23-13-5-8-18-6-2-1-3-7-18)24-14-10-20(11-15-24)26-17-19-9-4-12-22-16-19/h1-4,6-7,9,12,16,20H,5,8,10-11,13-15,17H2,(H,23,25). The maximum atomic E-state index is 12.3. The predicted octanol–water partition coefficient (Wildman–Crippen LogP) is 3.41. The number of amides is 2. The number of urea groups is 1. The first-order valence-electron chi connectivity index (χ1n) is 9.38. The summed E-state index contributed by atoms with van der Waals surface area (Å²) < 4.78 is 5.95. The number of ether oxygens (including phenoxy) is 1. The summed E-state index contributed by atoms with van der Waals surface area (Å²) in [5.41, 5.74) is 2.40. The summed E-state index contributed by atoms with van der Waals surface area (Å²) in [7, 11) is 0. The van der Waals surface area contributed by atoms with E-state index in [0.717, 1.165) is 44.3 Å². The highest BCUT2D eigenvalue weighted by Crippen LogP contribution is 2.15. The molecule has 0 unspecified atom stereocenters. The number of nitrogens with zero attached hydrogens (tertiary/aromatic N) is 2. The Morgan fingerprint density at radius 2 is 1.88 bits per heavy atom. The number of carbonyl (C=O) groups excluding carboxylic acids is 1. The third-order valence-electron chi connectivity index (χ3n) is 4.70. The van der Waals surface area contributed by atoms with Crippen LogP contribution in [0.25, 0.3) is 0 Å². The number of aromatic nitrogens is 1. The van der Waals surface area contributed by atoms with Crippen LogP contribution >= 0.6 is 0 Å². The molecular weight excluding hydrogens is 326 g/mol. The van der Waals surface area contributed by atoms with E-state index in [1.807, 2.05) is 29.3 Å². The van der Waals surface area contributed by atoms with E-state index in [0.29, 0.717) is 13.2 Å². The van der Waals surface area contributed by atoms with Crippen LogP contribution in [-0.4, -0.2) is 41.7 Å². The monoisotopic (exact) mass is 353 g/mol. The summed E-state index contributed by atoms with van der Waals surface area (Å²) in [4.78, 5) is 18.3. The Labute approximate surface area is 155 Å². The first kappa shape index (κ1) is 18.4.